The number of nitrogens with one attached hydrogen (secondary N) is 1. The lowest BCUT2D eigenvalue weighted by Crippen LogP contribution is -2.25. The van der Waals surface area contributed by atoms with Gasteiger partial charge in [-0.2, -0.15) is 0 Å². The molecule has 160 valence electrons. The summed E-state index contributed by atoms with van der Waals surface area (Å²) in [6, 6.07) is 13.7. The van der Waals surface area contributed by atoms with Gasteiger partial charge in [0.25, 0.3) is 5.91 Å². The van der Waals surface area contributed by atoms with Crippen LogP contribution in [0.25, 0.3) is 0 Å². The second kappa shape index (κ2) is 9.32. The summed E-state index contributed by atoms with van der Waals surface area (Å²) in [6.07, 6.45) is 2.26. The van der Waals surface area contributed by atoms with Crippen molar-refractivity contribution in [2.45, 2.75) is 38.5 Å². The van der Waals surface area contributed by atoms with Gasteiger partial charge < -0.3 is 11.1 Å². The molecule has 1 aromatic heterocycles. The van der Waals surface area contributed by atoms with Gasteiger partial charge in [0.05, 0.1) is 6.54 Å². The van der Waals surface area contributed by atoms with E-state index in [1.54, 1.807) is 24.3 Å². The molecule has 1 aliphatic rings. The molecule has 3 aromatic rings. The maximum absolute atomic E-state index is 13.0. The lowest BCUT2D eigenvalue weighted by molar-refractivity contribution is 0.0948. The van der Waals surface area contributed by atoms with Crippen molar-refractivity contribution >= 4 is 23.2 Å². The molecule has 0 saturated heterocycles. The Morgan fingerprint density at radius 2 is 1.71 bits per heavy atom. The van der Waals surface area contributed by atoms with Crippen molar-refractivity contribution in [1.82, 2.24) is 20.4 Å². The van der Waals surface area contributed by atoms with Gasteiger partial charge >= 0.3 is 0 Å². The first-order valence-corrected chi connectivity index (χ1v) is 10.8. The van der Waals surface area contributed by atoms with E-state index >= 15 is 0 Å². The van der Waals surface area contributed by atoms with E-state index in [-0.39, 0.29) is 11.7 Å². The van der Waals surface area contributed by atoms with Crippen LogP contribution >= 0.6 is 11.3 Å². The van der Waals surface area contributed by atoms with Gasteiger partial charge in [0.2, 0.25) is 10.9 Å². The van der Waals surface area contributed by atoms with E-state index in [0.717, 1.165) is 35.5 Å². The average Bonchev–Trinajstić information content (AvgIpc) is 3.51. The van der Waals surface area contributed by atoms with E-state index in [9.17, 15) is 14.0 Å². The Bertz CT molecular complexity index is 1060. The summed E-state index contributed by atoms with van der Waals surface area (Å²) in [4.78, 5) is 25.9. The van der Waals surface area contributed by atoms with Crippen LogP contribution in [-0.2, 0) is 19.6 Å². The number of rotatable bonds is 9. The van der Waals surface area contributed by atoms with Gasteiger partial charge in [-0.3, -0.25) is 14.5 Å². The number of nitrogens with two attached hydrogens (primary N) is 1. The highest BCUT2D eigenvalue weighted by Gasteiger charge is 2.30. The van der Waals surface area contributed by atoms with E-state index in [1.165, 1.54) is 23.5 Å². The minimum absolute atomic E-state index is 0.295. The van der Waals surface area contributed by atoms with Crippen molar-refractivity contribution < 1.29 is 14.0 Å². The van der Waals surface area contributed by atoms with Crippen molar-refractivity contribution in [3.8, 4) is 0 Å². The molecule has 4 rings (SSSR count). The number of halogens is 1. The molecule has 1 aliphatic carbocycles. The number of primary amides is 1. The zero-order valence-electron chi connectivity index (χ0n) is 16.8. The Hall–Kier alpha value is -3.17. The van der Waals surface area contributed by atoms with Crippen LogP contribution in [0.4, 0.5) is 4.39 Å². The van der Waals surface area contributed by atoms with E-state index in [2.05, 4.69) is 20.4 Å². The first-order valence-electron chi connectivity index (χ1n) is 9.96. The molecule has 0 radical (unpaired) electrons. The lowest BCUT2D eigenvalue weighted by atomic mass is 10.1. The predicted molar refractivity (Wildman–Crippen MR) is 115 cm³/mol. The number of aromatic nitrogens is 2. The topological polar surface area (TPSA) is 101 Å². The summed E-state index contributed by atoms with van der Waals surface area (Å²) in [6.45, 7) is 1.62. The van der Waals surface area contributed by atoms with Gasteiger partial charge in [-0.1, -0.05) is 35.6 Å². The number of carbonyl (C=O) groups excluding carboxylic acids is 2. The lowest BCUT2D eigenvalue weighted by Gasteiger charge is -2.20. The van der Waals surface area contributed by atoms with Crippen molar-refractivity contribution in [2.75, 3.05) is 0 Å². The van der Waals surface area contributed by atoms with Gasteiger partial charge in [0.1, 0.15) is 10.8 Å². The molecular formula is C22H22FN5O2S. The van der Waals surface area contributed by atoms with Gasteiger partial charge in [-0.05, 0) is 48.2 Å². The van der Waals surface area contributed by atoms with Crippen LogP contribution in [-0.4, -0.2) is 33.0 Å². The number of nitrogens with zero attached hydrogens (tertiary/aromatic N) is 3. The monoisotopic (exact) mass is 439 g/mol. The van der Waals surface area contributed by atoms with E-state index in [4.69, 9.17) is 5.73 Å². The maximum Gasteiger partial charge on any atom is 0.282 e. The molecule has 2 aromatic carbocycles. The number of carbonyl (C=O) groups is 2. The standard InChI is InChI=1S/C22H22FN5O2S/c23-17-7-3-14(4-8-17)11-25-21(30)22-27-26-19(31-22)13-28(18-9-10-18)12-15-1-5-16(6-2-15)20(24)29/h1-8,18H,9-13H2,(H2,24,29)(H,25,30). The highest BCUT2D eigenvalue weighted by molar-refractivity contribution is 7.13. The van der Waals surface area contributed by atoms with Crippen LogP contribution in [0, 0.1) is 5.82 Å². The maximum atomic E-state index is 13.0. The molecule has 2 amide bonds. The second-order valence-electron chi connectivity index (χ2n) is 7.51. The number of benzene rings is 2. The van der Waals surface area contributed by atoms with Gasteiger partial charge in [0.15, 0.2) is 0 Å². The Morgan fingerprint density at radius 3 is 2.35 bits per heavy atom. The van der Waals surface area contributed by atoms with Crippen LogP contribution in [0.1, 0.15) is 49.1 Å². The highest BCUT2D eigenvalue weighted by atomic mass is 32.1. The third-order valence-electron chi connectivity index (χ3n) is 5.05. The molecular weight excluding hydrogens is 417 g/mol. The summed E-state index contributed by atoms with van der Waals surface area (Å²) in [5.41, 5.74) is 7.68. The van der Waals surface area contributed by atoms with E-state index in [1.807, 2.05) is 12.1 Å². The Morgan fingerprint density at radius 1 is 1.03 bits per heavy atom. The zero-order chi connectivity index (χ0) is 21.8. The molecule has 0 aliphatic heterocycles. The molecule has 9 heteroatoms. The van der Waals surface area contributed by atoms with Gasteiger partial charge in [-0.25, -0.2) is 4.39 Å². The molecule has 0 spiro atoms. The third kappa shape index (κ3) is 5.71. The summed E-state index contributed by atoms with van der Waals surface area (Å²) in [5.74, 6) is -1.05. The van der Waals surface area contributed by atoms with Gasteiger partial charge in [-0.15, -0.1) is 10.2 Å². The molecule has 3 N–H and O–H groups in total. The SMILES string of the molecule is NC(=O)c1ccc(CN(Cc2nnc(C(=O)NCc3ccc(F)cc3)s2)C2CC2)cc1. The summed E-state index contributed by atoms with van der Waals surface area (Å²) < 4.78 is 13.0. The Balaban J connectivity index is 1.35. The quantitative estimate of drug-likeness (QED) is 0.534. The fourth-order valence-corrected chi connectivity index (χ4v) is 3.99. The number of amides is 2. The van der Waals surface area contributed by atoms with Crippen molar-refractivity contribution in [2.24, 2.45) is 5.73 Å². The van der Waals surface area contributed by atoms with Crippen molar-refractivity contribution in [1.29, 1.82) is 0 Å². The Kier molecular flexibility index (Phi) is 6.34. The fraction of sp³-hybridized carbons (Fsp3) is 0.273. The minimum atomic E-state index is -0.440. The largest absolute Gasteiger partial charge is 0.366 e. The average molecular weight is 440 g/mol. The van der Waals surface area contributed by atoms with Crippen molar-refractivity contribution in [3.63, 3.8) is 0 Å². The first kappa shape index (κ1) is 21.1. The molecule has 7 nitrogen and oxygen atoms in total. The van der Waals surface area contributed by atoms with Crippen LogP contribution in [0.5, 0.6) is 0 Å². The fourth-order valence-electron chi connectivity index (χ4n) is 3.21. The highest BCUT2D eigenvalue weighted by Crippen LogP contribution is 2.30. The predicted octanol–water partition coefficient (Wildman–Crippen LogP) is 2.87. The van der Waals surface area contributed by atoms with E-state index < -0.39 is 5.91 Å². The Labute approximate surface area is 183 Å². The third-order valence-corrected chi connectivity index (χ3v) is 5.96. The van der Waals surface area contributed by atoms with Gasteiger partial charge in [0, 0.05) is 24.7 Å². The van der Waals surface area contributed by atoms with Crippen LogP contribution in [0.3, 0.4) is 0 Å². The molecule has 31 heavy (non-hydrogen) atoms. The molecule has 0 bridgehead atoms. The molecule has 0 unspecified atom stereocenters. The molecule has 0 atom stereocenters. The normalized spacial score (nSPS) is 13.4. The van der Waals surface area contributed by atoms with Crippen molar-refractivity contribution in [3.05, 3.63) is 81.1 Å². The summed E-state index contributed by atoms with van der Waals surface area (Å²) in [7, 11) is 0. The second-order valence-corrected chi connectivity index (χ2v) is 8.57. The smallest absolute Gasteiger partial charge is 0.282 e. The molecule has 1 heterocycles. The minimum Gasteiger partial charge on any atom is -0.366 e. The van der Waals surface area contributed by atoms with Crippen LogP contribution in [0.2, 0.25) is 0 Å². The van der Waals surface area contributed by atoms with E-state index in [0.29, 0.717) is 29.7 Å². The first-order chi connectivity index (χ1) is 15.0. The van der Waals surface area contributed by atoms with Crippen LogP contribution in [0.15, 0.2) is 48.5 Å². The molecule has 1 fully saturated rings. The van der Waals surface area contributed by atoms with Crippen LogP contribution < -0.4 is 11.1 Å². The number of hydrogen-bond acceptors (Lipinski definition) is 6. The summed E-state index contributed by atoms with van der Waals surface area (Å²) in [5, 5.41) is 12.1. The zero-order valence-corrected chi connectivity index (χ0v) is 17.6. The summed E-state index contributed by atoms with van der Waals surface area (Å²) >= 11 is 1.27. The molecule has 1 saturated carbocycles. The number of hydrogen-bond donors (Lipinski definition) is 2.